The fraction of sp³-hybridized carbons (Fsp3) is 0.121. The zero-order valence-electron chi connectivity index (χ0n) is 21.4. The fourth-order valence-corrected chi connectivity index (χ4v) is 4.07. The first-order valence-corrected chi connectivity index (χ1v) is 11.9. The van der Waals surface area contributed by atoms with E-state index in [-0.39, 0.29) is 12.4 Å². The molecule has 0 saturated carbocycles. The van der Waals surface area contributed by atoms with Gasteiger partial charge in [0.05, 0.1) is 17.0 Å². The van der Waals surface area contributed by atoms with E-state index in [0.29, 0.717) is 0 Å². The van der Waals surface area contributed by atoms with Crippen LogP contribution in [-0.2, 0) is 0 Å². The van der Waals surface area contributed by atoms with Crippen LogP contribution in [0.25, 0.3) is 5.57 Å². The lowest BCUT2D eigenvalue weighted by atomic mass is 9.90. The van der Waals surface area contributed by atoms with E-state index in [1.54, 1.807) is 0 Å². The van der Waals surface area contributed by atoms with E-state index in [1.165, 1.54) is 45.1 Å². The van der Waals surface area contributed by atoms with Gasteiger partial charge < -0.3 is 22.2 Å². The molecule has 0 spiro atoms. The Morgan fingerprint density at radius 3 is 1.53 bits per heavy atom. The van der Waals surface area contributed by atoms with Gasteiger partial charge in [0.25, 0.3) is 0 Å². The molecule has 0 saturated heterocycles. The van der Waals surface area contributed by atoms with Crippen molar-refractivity contribution in [1.29, 1.82) is 0 Å². The number of rotatable bonds is 8. The van der Waals surface area contributed by atoms with Crippen LogP contribution in [0.4, 0.5) is 11.4 Å². The van der Waals surface area contributed by atoms with Gasteiger partial charge in [-0.15, -0.1) is 0 Å². The summed E-state index contributed by atoms with van der Waals surface area (Å²) in [7, 11) is 8.27. The molecule has 0 bridgehead atoms. The third-order valence-electron chi connectivity index (χ3n) is 6.08. The number of anilines is 2. The van der Waals surface area contributed by atoms with Crippen molar-refractivity contribution in [2.45, 2.75) is 0 Å². The third-order valence-corrected chi connectivity index (χ3v) is 6.08. The van der Waals surface area contributed by atoms with E-state index in [9.17, 15) is 0 Å². The maximum atomic E-state index is 2.22. The summed E-state index contributed by atoms with van der Waals surface area (Å²) < 4.78 is 0. The predicted octanol–water partition coefficient (Wildman–Crippen LogP) is 4.48. The van der Waals surface area contributed by atoms with Crippen LogP contribution in [-0.4, -0.2) is 28.2 Å². The lowest BCUT2D eigenvalue weighted by molar-refractivity contribution is -0.00000694. The minimum absolute atomic E-state index is 0. The molecule has 0 atom stereocenters. The van der Waals surface area contributed by atoms with E-state index >= 15 is 0 Å². The topological polar surface area (TPSA) is 6.48 Å². The molecule has 0 N–H and O–H groups in total. The summed E-state index contributed by atoms with van der Waals surface area (Å²) in [5, 5.41) is 0. The summed E-state index contributed by atoms with van der Waals surface area (Å²) in [5.74, 6) is 1.20. The van der Waals surface area contributed by atoms with Gasteiger partial charge in [-0.25, -0.2) is 0 Å². The van der Waals surface area contributed by atoms with Crippen molar-refractivity contribution in [1.82, 2.24) is 0 Å². The molecule has 3 heteroatoms. The Labute approximate surface area is 222 Å². The third kappa shape index (κ3) is 6.62. The minimum Gasteiger partial charge on any atom is -1.00 e. The van der Waals surface area contributed by atoms with Crippen molar-refractivity contribution in [2.75, 3.05) is 38.0 Å². The van der Waals surface area contributed by atoms with Gasteiger partial charge in [0.1, 0.15) is 0 Å². The molecule has 0 aliphatic carbocycles. The van der Waals surface area contributed by atoms with Gasteiger partial charge in [0.15, 0.2) is 0 Å². The van der Waals surface area contributed by atoms with Gasteiger partial charge in [-0.1, -0.05) is 42.5 Å². The van der Waals surface area contributed by atoms with Gasteiger partial charge in [-0.05, 0) is 95.6 Å². The van der Waals surface area contributed by atoms with Crippen molar-refractivity contribution >= 4 is 16.9 Å². The first kappa shape index (κ1) is 26.7. The van der Waals surface area contributed by atoms with Crippen LogP contribution >= 0.6 is 0 Å². The van der Waals surface area contributed by atoms with E-state index in [2.05, 4.69) is 165 Å². The maximum absolute atomic E-state index is 2.22. The average Bonchev–Trinajstić information content (AvgIpc) is 2.90. The van der Waals surface area contributed by atoms with Crippen molar-refractivity contribution < 1.29 is 12.4 Å². The molecule has 0 amide bonds. The highest BCUT2D eigenvalue weighted by molar-refractivity contribution is 5.81. The summed E-state index contributed by atoms with van der Waals surface area (Å²) in [5.41, 5.74) is 8.38. The molecule has 0 radical (unpaired) electrons. The Morgan fingerprint density at radius 2 is 1.00 bits per heavy atom. The SMILES string of the molecule is CN(C)c1ccc(C(=CC=C[C+](c2ccccc2)c2ccc(N(C)C)cc2)c2ccccc2)cc1.[Cl-]. The largest absolute Gasteiger partial charge is 1.00 e. The number of hydrogen-bond acceptors (Lipinski definition) is 2. The molecule has 0 aromatic heterocycles. The fourth-order valence-electron chi connectivity index (χ4n) is 4.07. The lowest BCUT2D eigenvalue weighted by Crippen LogP contribution is -3.00. The Morgan fingerprint density at radius 1 is 0.556 bits per heavy atom. The van der Waals surface area contributed by atoms with Gasteiger partial charge in [0, 0.05) is 45.6 Å². The highest BCUT2D eigenvalue weighted by Gasteiger charge is 2.17. The summed E-state index contributed by atoms with van der Waals surface area (Å²) >= 11 is 0. The number of nitrogens with zero attached hydrogens (tertiary/aromatic N) is 2. The second-order valence-electron chi connectivity index (χ2n) is 8.97. The highest BCUT2D eigenvalue weighted by atomic mass is 35.5. The van der Waals surface area contributed by atoms with Gasteiger partial charge in [-0.3, -0.25) is 0 Å². The van der Waals surface area contributed by atoms with Crippen LogP contribution in [0.5, 0.6) is 0 Å². The first-order chi connectivity index (χ1) is 17.0. The predicted molar refractivity (Wildman–Crippen MR) is 152 cm³/mol. The smallest absolute Gasteiger partial charge is 0.0645 e. The molecule has 182 valence electrons. The molecular formula is C33H33ClN2. The molecule has 2 nitrogen and oxygen atoms in total. The zero-order valence-corrected chi connectivity index (χ0v) is 22.2. The summed E-state index contributed by atoms with van der Waals surface area (Å²) in [6.07, 6.45) is 6.61. The monoisotopic (exact) mass is 492 g/mol. The number of halogens is 1. The van der Waals surface area contributed by atoms with E-state index in [1.807, 2.05) is 0 Å². The van der Waals surface area contributed by atoms with Crippen LogP contribution in [0, 0.1) is 5.92 Å². The van der Waals surface area contributed by atoms with Crippen LogP contribution in [0.3, 0.4) is 0 Å². The molecular weight excluding hydrogens is 460 g/mol. The molecule has 0 unspecified atom stereocenters. The Bertz CT molecular complexity index is 1260. The maximum Gasteiger partial charge on any atom is 0.0645 e. The second-order valence-corrected chi connectivity index (χ2v) is 8.97. The van der Waals surface area contributed by atoms with Gasteiger partial charge in [-0.2, -0.15) is 0 Å². The van der Waals surface area contributed by atoms with Gasteiger partial charge >= 0.3 is 0 Å². The summed E-state index contributed by atoms with van der Waals surface area (Å²) in [4.78, 5) is 4.25. The number of allylic oxidation sites excluding steroid dienone is 3. The minimum atomic E-state index is 0. The molecule has 0 heterocycles. The first-order valence-electron chi connectivity index (χ1n) is 11.9. The standard InChI is InChI=1S/C33H33N2.ClH/c1-34(2)30-22-18-28(19-23-30)32(26-12-7-5-8-13-26)16-11-17-33(27-14-9-6-10-15-27)29-20-24-31(25-21-29)35(3)4;/h5-25H,1-4H3;1H/q+1;/p-1. The highest BCUT2D eigenvalue weighted by Crippen LogP contribution is 2.29. The Kier molecular flexibility index (Phi) is 9.44. The van der Waals surface area contributed by atoms with Crippen molar-refractivity contribution in [3.05, 3.63) is 156 Å². The number of hydrogen-bond donors (Lipinski definition) is 0. The van der Waals surface area contributed by atoms with Gasteiger partial charge in [0.2, 0.25) is 0 Å². The second kappa shape index (κ2) is 12.7. The lowest BCUT2D eigenvalue weighted by Gasteiger charge is -2.14. The molecule has 0 aliphatic heterocycles. The number of benzene rings is 4. The van der Waals surface area contributed by atoms with Crippen LogP contribution < -0.4 is 22.2 Å². The molecule has 4 aromatic rings. The Hall–Kier alpha value is -3.88. The molecule has 36 heavy (non-hydrogen) atoms. The van der Waals surface area contributed by atoms with Crippen LogP contribution in [0.2, 0.25) is 0 Å². The van der Waals surface area contributed by atoms with Crippen molar-refractivity contribution in [3.63, 3.8) is 0 Å². The van der Waals surface area contributed by atoms with Crippen molar-refractivity contribution in [3.8, 4) is 0 Å². The summed E-state index contributed by atoms with van der Waals surface area (Å²) in [6, 6.07) is 38.6. The van der Waals surface area contributed by atoms with E-state index in [4.69, 9.17) is 0 Å². The molecule has 4 aromatic carbocycles. The average molecular weight is 493 g/mol. The normalized spacial score (nSPS) is 11.2. The summed E-state index contributed by atoms with van der Waals surface area (Å²) in [6.45, 7) is 0. The van der Waals surface area contributed by atoms with Crippen LogP contribution in [0.1, 0.15) is 22.3 Å². The quantitative estimate of drug-likeness (QED) is 0.264. The molecule has 0 aliphatic rings. The molecule has 4 rings (SSSR count). The zero-order chi connectivity index (χ0) is 24.6. The van der Waals surface area contributed by atoms with E-state index in [0.717, 1.165) is 0 Å². The van der Waals surface area contributed by atoms with E-state index < -0.39 is 0 Å². The van der Waals surface area contributed by atoms with Crippen molar-refractivity contribution in [2.24, 2.45) is 0 Å². The van der Waals surface area contributed by atoms with Crippen LogP contribution in [0.15, 0.2) is 127 Å². The Balaban J connectivity index is 0.00000361. The molecule has 0 fully saturated rings.